The SMILES string of the molecule is O=C(O)c1ccc(S(=O)(=O)Nc2ccc(Br)cn2)c(Br)c1. The van der Waals surface area contributed by atoms with E-state index in [0.717, 1.165) is 4.47 Å². The molecule has 2 N–H and O–H groups in total. The van der Waals surface area contributed by atoms with Gasteiger partial charge in [-0.05, 0) is 62.2 Å². The van der Waals surface area contributed by atoms with Crippen molar-refractivity contribution in [1.29, 1.82) is 0 Å². The second-order valence-electron chi connectivity index (χ2n) is 3.92. The van der Waals surface area contributed by atoms with E-state index in [9.17, 15) is 13.2 Å². The minimum Gasteiger partial charge on any atom is -0.478 e. The molecule has 0 saturated carbocycles. The summed E-state index contributed by atoms with van der Waals surface area (Å²) in [7, 11) is -3.87. The van der Waals surface area contributed by atoms with Crippen molar-refractivity contribution >= 4 is 53.7 Å². The zero-order valence-corrected chi connectivity index (χ0v) is 14.2. The van der Waals surface area contributed by atoms with Gasteiger partial charge in [-0.25, -0.2) is 18.2 Å². The fourth-order valence-corrected chi connectivity index (χ4v) is 3.80. The summed E-state index contributed by atoms with van der Waals surface area (Å²) in [6.45, 7) is 0. The molecule has 6 nitrogen and oxygen atoms in total. The summed E-state index contributed by atoms with van der Waals surface area (Å²) >= 11 is 6.27. The van der Waals surface area contributed by atoms with Crippen LogP contribution in [-0.2, 0) is 10.0 Å². The predicted molar refractivity (Wildman–Crippen MR) is 83.8 cm³/mol. The Morgan fingerprint density at radius 2 is 1.90 bits per heavy atom. The lowest BCUT2D eigenvalue weighted by Gasteiger charge is -2.09. The zero-order chi connectivity index (χ0) is 15.6. The predicted octanol–water partition coefficient (Wildman–Crippen LogP) is 3.11. The van der Waals surface area contributed by atoms with Gasteiger partial charge in [0.05, 0.1) is 5.56 Å². The highest BCUT2D eigenvalue weighted by molar-refractivity contribution is 9.10. The van der Waals surface area contributed by atoms with Gasteiger partial charge >= 0.3 is 5.97 Å². The number of sulfonamides is 1. The monoisotopic (exact) mass is 434 g/mol. The van der Waals surface area contributed by atoms with Crippen LogP contribution in [-0.4, -0.2) is 24.5 Å². The van der Waals surface area contributed by atoms with E-state index >= 15 is 0 Å². The molecule has 21 heavy (non-hydrogen) atoms. The molecule has 0 atom stereocenters. The Bertz CT molecular complexity index is 791. The van der Waals surface area contributed by atoms with Gasteiger partial charge in [-0.1, -0.05) is 0 Å². The topological polar surface area (TPSA) is 96.4 Å². The van der Waals surface area contributed by atoms with Crippen molar-refractivity contribution in [2.45, 2.75) is 4.90 Å². The molecule has 0 unspecified atom stereocenters. The Morgan fingerprint density at radius 3 is 2.43 bits per heavy atom. The third-order valence-corrected chi connectivity index (χ3v) is 5.24. The maximum atomic E-state index is 12.2. The molecule has 0 radical (unpaired) electrons. The van der Waals surface area contributed by atoms with Crippen LogP contribution in [0.4, 0.5) is 5.82 Å². The molecular weight excluding hydrogens is 428 g/mol. The molecule has 2 rings (SSSR count). The Labute approximate surface area is 137 Å². The maximum Gasteiger partial charge on any atom is 0.335 e. The minimum atomic E-state index is -3.87. The first kappa shape index (κ1) is 15.9. The number of aromatic nitrogens is 1. The van der Waals surface area contributed by atoms with E-state index < -0.39 is 16.0 Å². The highest BCUT2D eigenvalue weighted by atomic mass is 79.9. The first-order chi connectivity index (χ1) is 9.79. The van der Waals surface area contributed by atoms with E-state index in [0.29, 0.717) is 0 Å². The van der Waals surface area contributed by atoms with Crippen molar-refractivity contribution in [2.24, 2.45) is 0 Å². The zero-order valence-electron chi connectivity index (χ0n) is 10.2. The average Bonchev–Trinajstić information content (AvgIpc) is 2.40. The van der Waals surface area contributed by atoms with Crippen LogP contribution in [0.2, 0.25) is 0 Å². The van der Waals surface area contributed by atoms with Crippen molar-refractivity contribution in [3.05, 3.63) is 51.0 Å². The molecule has 9 heteroatoms. The third kappa shape index (κ3) is 3.80. The number of pyridine rings is 1. The van der Waals surface area contributed by atoms with Crippen LogP contribution >= 0.6 is 31.9 Å². The number of benzene rings is 1. The van der Waals surface area contributed by atoms with Crippen LogP contribution in [0.15, 0.2) is 50.4 Å². The number of hydrogen-bond acceptors (Lipinski definition) is 4. The molecule has 1 heterocycles. The quantitative estimate of drug-likeness (QED) is 0.768. The summed E-state index contributed by atoms with van der Waals surface area (Å²) in [5.74, 6) is -0.977. The summed E-state index contributed by atoms with van der Waals surface area (Å²) in [6, 6.07) is 6.81. The number of carbonyl (C=O) groups is 1. The summed E-state index contributed by atoms with van der Waals surface area (Å²) in [4.78, 5) is 14.7. The molecule has 0 saturated heterocycles. The van der Waals surface area contributed by atoms with E-state index in [-0.39, 0.29) is 20.7 Å². The van der Waals surface area contributed by atoms with E-state index in [1.807, 2.05) is 0 Å². The van der Waals surface area contributed by atoms with Gasteiger partial charge in [-0.15, -0.1) is 0 Å². The largest absolute Gasteiger partial charge is 0.478 e. The average molecular weight is 436 g/mol. The van der Waals surface area contributed by atoms with Crippen LogP contribution < -0.4 is 4.72 Å². The van der Waals surface area contributed by atoms with Gasteiger partial charge < -0.3 is 5.11 Å². The minimum absolute atomic E-state index is 0.0115. The van der Waals surface area contributed by atoms with Gasteiger partial charge in [-0.3, -0.25) is 4.72 Å². The van der Waals surface area contributed by atoms with Crippen LogP contribution in [0.1, 0.15) is 10.4 Å². The molecule has 1 aromatic heterocycles. The van der Waals surface area contributed by atoms with Crippen LogP contribution in [0.3, 0.4) is 0 Å². The molecule has 110 valence electrons. The van der Waals surface area contributed by atoms with Gasteiger partial charge in [0, 0.05) is 15.1 Å². The number of nitrogens with one attached hydrogen (secondary N) is 1. The first-order valence-electron chi connectivity index (χ1n) is 5.47. The standard InChI is InChI=1S/C12H8Br2N2O4S/c13-8-2-4-11(15-6-8)16-21(19,20)10-3-1-7(12(17)18)5-9(10)14/h1-6H,(H,15,16)(H,17,18). The van der Waals surface area contributed by atoms with Gasteiger partial charge in [0.1, 0.15) is 10.7 Å². The second kappa shape index (κ2) is 6.12. The molecule has 0 aliphatic rings. The molecule has 0 amide bonds. The summed E-state index contributed by atoms with van der Waals surface area (Å²) < 4.78 is 27.7. The molecule has 0 bridgehead atoms. The fraction of sp³-hybridized carbons (Fsp3) is 0. The van der Waals surface area contributed by atoms with Gasteiger partial charge in [0.15, 0.2) is 0 Å². The summed E-state index contributed by atoms with van der Waals surface area (Å²) in [5.41, 5.74) is -0.0115. The lowest BCUT2D eigenvalue weighted by molar-refractivity contribution is 0.0696. The number of carboxylic acids is 1. The van der Waals surface area contributed by atoms with Crippen LogP contribution in [0, 0.1) is 0 Å². The van der Waals surface area contributed by atoms with Crippen molar-refractivity contribution < 1.29 is 18.3 Å². The van der Waals surface area contributed by atoms with Gasteiger partial charge in [0.25, 0.3) is 10.0 Å². The summed E-state index contributed by atoms with van der Waals surface area (Å²) in [5, 5.41) is 8.86. The highest BCUT2D eigenvalue weighted by Gasteiger charge is 2.19. The number of rotatable bonds is 4. The Kier molecular flexibility index (Phi) is 4.64. The van der Waals surface area contributed by atoms with Gasteiger partial charge in [-0.2, -0.15) is 0 Å². The van der Waals surface area contributed by atoms with Gasteiger partial charge in [0.2, 0.25) is 0 Å². The van der Waals surface area contributed by atoms with Crippen molar-refractivity contribution in [1.82, 2.24) is 4.98 Å². The van der Waals surface area contributed by atoms with E-state index in [2.05, 4.69) is 41.6 Å². The number of nitrogens with zero attached hydrogens (tertiary/aromatic N) is 1. The highest BCUT2D eigenvalue weighted by Crippen LogP contribution is 2.25. The van der Waals surface area contributed by atoms with E-state index in [1.165, 1.54) is 30.5 Å². The molecular formula is C12H8Br2N2O4S. The normalized spacial score (nSPS) is 11.1. The maximum absolute atomic E-state index is 12.2. The number of halogens is 2. The Hall–Kier alpha value is -1.45. The lowest BCUT2D eigenvalue weighted by atomic mass is 10.2. The Morgan fingerprint density at radius 1 is 1.19 bits per heavy atom. The molecule has 1 aromatic carbocycles. The second-order valence-corrected chi connectivity index (χ2v) is 7.34. The number of aromatic carboxylic acids is 1. The molecule has 0 fully saturated rings. The number of anilines is 1. The molecule has 0 aliphatic carbocycles. The summed E-state index contributed by atoms with van der Waals surface area (Å²) in [6.07, 6.45) is 1.46. The van der Waals surface area contributed by atoms with Crippen molar-refractivity contribution in [3.63, 3.8) is 0 Å². The first-order valence-corrected chi connectivity index (χ1v) is 8.54. The van der Waals surface area contributed by atoms with E-state index in [4.69, 9.17) is 5.11 Å². The fourth-order valence-electron chi connectivity index (χ4n) is 1.48. The van der Waals surface area contributed by atoms with Crippen molar-refractivity contribution in [2.75, 3.05) is 4.72 Å². The molecule has 0 spiro atoms. The van der Waals surface area contributed by atoms with E-state index in [1.54, 1.807) is 6.07 Å². The van der Waals surface area contributed by atoms with Crippen LogP contribution in [0.25, 0.3) is 0 Å². The molecule has 0 aliphatic heterocycles. The third-order valence-electron chi connectivity index (χ3n) is 2.43. The smallest absolute Gasteiger partial charge is 0.335 e. The van der Waals surface area contributed by atoms with Crippen molar-refractivity contribution in [3.8, 4) is 0 Å². The molecule has 2 aromatic rings. The van der Waals surface area contributed by atoms with Crippen LogP contribution in [0.5, 0.6) is 0 Å². The lowest BCUT2D eigenvalue weighted by Crippen LogP contribution is -2.14. The number of carboxylic acid groups (broad SMARTS) is 1. The number of hydrogen-bond donors (Lipinski definition) is 2. The Balaban J connectivity index is 2.35.